The van der Waals surface area contributed by atoms with Crippen LogP contribution in [0.5, 0.6) is 0 Å². The maximum atomic E-state index is 12.4. The Hall–Kier alpha value is -1.62. The largest absolute Gasteiger partial charge is 0.299 e. The zero-order valence-corrected chi connectivity index (χ0v) is 17.5. The van der Waals surface area contributed by atoms with Gasteiger partial charge in [0.25, 0.3) is 0 Å². The highest BCUT2D eigenvalue weighted by atomic mass is 16.1. The van der Waals surface area contributed by atoms with E-state index in [0.29, 0.717) is 23.5 Å². The van der Waals surface area contributed by atoms with E-state index in [1.54, 1.807) is 0 Å². The minimum atomic E-state index is -0.0414. The molecule has 0 radical (unpaired) electrons. The molecular formula is C24H35NO. The van der Waals surface area contributed by atoms with Crippen LogP contribution in [0.3, 0.4) is 0 Å². The van der Waals surface area contributed by atoms with Gasteiger partial charge in [-0.2, -0.15) is 5.26 Å². The van der Waals surface area contributed by atoms with Crippen LogP contribution in [0.4, 0.5) is 0 Å². The smallest absolute Gasteiger partial charge is 0.139 e. The van der Waals surface area contributed by atoms with E-state index in [4.69, 9.17) is 0 Å². The van der Waals surface area contributed by atoms with Crippen LogP contribution in [0.15, 0.2) is 12.1 Å². The maximum absolute atomic E-state index is 12.4. The van der Waals surface area contributed by atoms with E-state index < -0.39 is 0 Å². The first kappa shape index (κ1) is 20.7. The summed E-state index contributed by atoms with van der Waals surface area (Å²) in [6, 6.07) is 6.53. The van der Waals surface area contributed by atoms with E-state index in [2.05, 4.69) is 26.0 Å². The van der Waals surface area contributed by atoms with Gasteiger partial charge in [0, 0.05) is 11.8 Å². The van der Waals surface area contributed by atoms with Gasteiger partial charge in [-0.3, -0.25) is 4.79 Å². The van der Waals surface area contributed by atoms with Crippen LogP contribution in [0.25, 0.3) is 0 Å². The molecule has 26 heavy (non-hydrogen) atoms. The lowest BCUT2D eigenvalue weighted by molar-refractivity contribution is -0.129. The fourth-order valence-electron chi connectivity index (χ4n) is 5.74. The summed E-state index contributed by atoms with van der Waals surface area (Å²) in [5, 5.41) is 9.25. The van der Waals surface area contributed by atoms with Gasteiger partial charge in [-0.1, -0.05) is 40.7 Å². The minimum Gasteiger partial charge on any atom is -0.299 e. The minimum absolute atomic E-state index is 0.0414. The van der Waals surface area contributed by atoms with Crippen LogP contribution in [-0.4, -0.2) is 5.78 Å². The molecule has 1 aromatic rings. The van der Waals surface area contributed by atoms with Crippen LogP contribution in [-0.2, 0) is 11.2 Å². The van der Waals surface area contributed by atoms with Crippen molar-refractivity contribution in [2.24, 2.45) is 17.3 Å². The number of nitrogens with zero attached hydrogens (tertiary/aromatic N) is 1. The van der Waals surface area contributed by atoms with Crippen LogP contribution in [0.2, 0.25) is 0 Å². The highest BCUT2D eigenvalue weighted by molar-refractivity contribution is 5.87. The van der Waals surface area contributed by atoms with Crippen molar-refractivity contribution in [1.82, 2.24) is 0 Å². The molecule has 2 saturated carbocycles. The van der Waals surface area contributed by atoms with E-state index in [0.717, 1.165) is 37.7 Å². The van der Waals surface area contributed by atoms with Gasteiger partial charge in [0.1, 0.15) is 5.78 Å². The highest BCUT2D eigenvalue weighted by Gasteiger charge is 2.54. The molecule has 0 aliphatic heterocycles. The molecule has 2 heteroatoms. The molecule has 0 amide bonds. The van der Waals surface area contributed by atoms with Crippen molar-refractivity contribution in [2.45, 2.75) is 86.0 Å². The fourth-order valence-corrected chi connectivity index (χ4v) is 5.74. The zero-order valence-electron chi connectivity index (χ0n) is 17.5. The predicted molar refractivity (Wildman–Crippen MR) is 108 cm³/mol. The summed E-state index contributed by atoms with van der Waals surface area (Å²) in [5.41, 5.74) is 4.88. The maximum Gasteiger partial charge on any atom is 0.139 e. The normalized spacial score (nSPS) is 31.1. The van der Waals surface area contributed by atoms with Crippen LogP contribution < -0.4 is 0 Å². The molecule has 0 spiro atoms. The summed E-state index contributed by atoms with van der Waals surface area (Å²) in [6.07, 6.45) is 6.36. The number of benzene rings is 1. The molecule has 3 aliphatic rings. The SMILES string of the molecule is CC.CC.Cc1c(C#N)ccc2c1CCC1C2CC[C@]2(C)C(=O)CCC12. The molecule has 3 unspecified atom stereocenters. The standard InChI is InChI=1S/C20H23NO.2C2H6/c1-12-13(11-21)3-4-15-14(12)5-6-17-16(15)9-10-20(2)18(17)7-8-19(20)22;2*1-2/h3-4,16-18H,5-10H2,1-2H3;2*1-2H3/t16?,17?,18?,20-;;/m0../s1. The Balaban J connectivity index is 0.000000570. The third kappa shape index (κ3) is 3.11. The summed E-state index contributed by atoms with van der Waals surface area (Å²) >= 11 is 0. The van der Waals surface area contributed by atoms with Gasteiger partial charge < -0.3 is 0 Å². The van der Waals surface area contributed by atoms with Crippen molar-refractivity contribution in [3.8, 4) is 6.07 Å². The Morgan fingerprint density at radius 3 is 2.42 bits per heavy atom. The van der Waals surface area contributed by atoms with Gasteiger partial charge in [-0.05, 0) is 79.5 Å². The number of hydrogen-bond donors (Lipinski definition) is 0. The number of fused-ring (bicyclic) bond motifs is 5. The summed E-state index contributed by atoms with van der Waals surface area (Å²) in [4.78, 5) is 12.4. The van der Waals surface area contributed by atoms with Crippen LogP contribution >= 0.6 is 0 Å². The second kappa shape index (κ2) is 8.38. The van der Waals surface area contributed by atoms with E-state index >= 15 is 0 Å². The quantitative estimate of drug-likeness (QED) is 0.545. The number of rotatable bonds is 0. The lowest BCUT2D eigenvalue weighted by atomic mass is 9.55. The number of carbonyl (C=O) groups is 1. The molecule has 0 N–H and O–H groups in total. The molecule has 0 saturated heterocycles. The third-order valence-corrected chi connectivity index (χ3v) is 7.03. The average molecular weight is 354 g/mol. The van der Waals surface area contributed by atoms with Crippen molar-refractivity contribution < 1.29 is 4.79 Å². The van der Waals surface area contributed by atoms with Gasteiger partial charge in [0.05, 0.1) is 11.6 Å². The van der Waals surface area contributed by atoms with Crippen molar-refractivity contribution in [2.75, 3.05) is 0 Å². The fraction of sp³-hybridized carbons (Fsp3) is 0.667. The van der Waals surface area contributed by atoms with Crippen molar-refractivity contribution in [1.29, 1.82) is 5.26 Å². The molecule has 0 aromatic heterocycles. The molecule has 3 aliphatic carbocycles. The van der Waals surface area contributed by atoms with Crippen molar-refractivity contribution in [3.05, 3.63) is 34.4 Å². The first-order valence-electron chi connectivity index (χ1n) is 10.6. The van der Waals surface area contributed by atoms with Gasteiger partial charge >= 0.3 is 0 Å². The van der Waals surface area contributed by atoms with Gasteiger partial charge in [-0.25, -0.2) is 0 Å². The lowest BCUT2D eigenvalue weighted by Gasteiger charge is -2.48. The Morgan fingerprint density at radius 2 is 1.77 bits per heavy atom. The lowest BCUT2D eigenvalue weighted by Crippen LogP contribution is -2.42. The monoisotopic (exact) mass is 353 g/mol. The molecule has 142 valence electrons. The van der Waals surface area contributed by atoms with Gasteiger partial charge in [0.15, 0.2) is 0 Å². The molecule has 4 atom stereocenters. The molecule has 0 heterocycles. The molecule has 2 fully saturated rings. The first-order chi connectivity index (χ1) is 12.6. The number of Topliss-reactive ketones (excluding diaryl/α,β-unsaturated/α-hetero) is 1. The number of ketones is 1. The number of carbonyl (C=O) groups excluding carboxylic acids is 1. The van der Waals surface area contributed by atoms with E-state index in [9.17, 15) is 10.1 Å². The second-order valence-electron chi connectivity index (χ2n) is 7.75. The Kier molecular flexibility index (Phi) is 6.67. The molecule has 0 bridgehead atoms. The Labute approximate surface area is 160 Å². The number of nitriles is 1. The van der Waals surface area contributed by atoms with Crippen molar-refractivity contribution >= 4 is 5.78 Å². The Morgan fingerprint density at radius 1 is 1.08 bits per heavy atom. The summed E-state index contributed by atoms with van der Waals surface area (Å²) in [5.74, 6) is 2.38. The average Bonchev–Trinajstić information content (AvgIpc) is 3.00. The van der Waals surface area contributed by atoms with E-state index in [-0.39, 0.29) is 5.41 Å². The molecule has 4 rings (SSSR count). The summed E-state index contributed by atoms with van der Waals surface area (Å²) in [7, 11) is 0. The first-order valence-corrected chi connectivity index (χ1v) is 10.6. The predicted octanol–water partition coefficient (Wildman–Crippen LogP) is 6.34. The van der Waals surface area contributed by atoms with Gasteiger partial charge in [-0.15, -0.1) is 0 Å². The summed E-state index contributed by atoms with van der Waals surface area (Å²) in [6.45, 7) is 12.3. The van der Waals surface area contributed by atoms with Crippen LogP contribution in [0.1, 0.15) is 94.9 Å². The third-order valence-electron chi connectivity index (χ3n) is 7.03. The zero-order chi connectivity index (χ0) is 19.5. The molecular weight excluding hydrogens is 318 g/mol. The highest BCUT2D eigenvalue weighted by Crippen LogP contribution is 2.59. The topological polar surface area (TPSA) is 40.9 Å². The van der Waals surface area contributed by atoms with Crippen molar-refractivity contribution in [3.63, 3.8) is 0 Å². The van der Waals surface area contributed by atoms with Crippen LogP contribution in [0, 0.1) is 35.5 Å². The second-order valence-corrected chi connectivity index (χ2v) is 7.75. The van der Waals surface area contributed by atoms with Gasteiger partial charge in [0.2, 0.25) is 0 Å². The Bertz CT molecular complexity index is 699. The molecule has 2 nitrogen and oxygen atoms in total. The van der Waals surface area contributed by atoms with E-state index in [1.165, 1.54) is 23.1 Å². The number of hydrogen-bond acceptors (Lipinski definition) is 2. The van der Waals surface area contributed by atoms with E-state index in [1.807, 2.05) is 33.8 Å². The molecule has 1 aromatic carbocycles. The summed E-state index contributed by atoms with van der Waals surface area (Å²) < 4.78 is 0.